The van der Waals surface area contributed by atoms with Gasteiger partial charge < -0.3 is 19.7 Å². The quantitative estimate of drug-likeness (QED) is 0.542. The minimum atomic E-state index is -0.939. The van der Waals surface area contributed by atoms with Crippen LogP contribution >= 0.6 is 15.9 Å². The van der Waals surface area contributed by atoms with Crippen molar-refractivity contribution in [2.24, 2.45) is 0 Å². The number of methoxy groups -OCH3 is 1. The highest BCUT2D eigenvalue weighted by Gasteiger charge is 2.23. The van der Waals surface area contributed by atoms with Crippen LogP contribution in [0.5, 0.6) is 5.75 Å². The predicted molar refractivity (Wildman–Crippen MR) is 104 cm³/mol. The zero-order chi connectivity index (χ0) is 19.4. The van der Waals surface area contributed by atoms with Crippen molar-refractivity contribution < 1.29 is 18.8 Å². The highest BCUT2D eigenvalue weighted by Crippen LogP contribution is 2.34. The average Bonchev–Trinajstić information content (AvgIpc) is 2.66. The number of nitro benzene ring substituents is 1. The Morgan fingerprint density at radius 3 is 2.74 bits per heavy atom. The van der Waals surface area contributed by atoms with Gasteiger partial charge in [0.1, 0.15) is 11.4 Å². The summed E-state index contributed by atoms with van der Waals surface area (Å²) >= 11 is 3.48. The minimum Gasteiger partial charge on any atom is -0.497 e. The molecule has 0 bridgehead atoms. The third-order valence-corrected chi connectivity index (χ3v) is 4.82. The number of hydrogen-bond acceptors (Lipinski definition) is 6. The fraction of sp³-hybridized carbons (Fsp3) is 0.333. The van der Waals surface area contributed by atoms with Crippen LogP contribution in [0.1, 0.15) is 5.56 Å². The largest absolute Gasteiger partial charge is 0.497 e. The van der Waals surface area contributed by atoms with Gasteiger partial charge >= 0.3 is 5.69 Å². The molecule has 1 aliphatic heterocycles. The van der Waals surface area contributed by atoms with Crippen molar-refractivity contribution >= 4 is 33.0 Å². The number of nitrogens with zero attached hydrogens (tertiary/aromatic N) is 2. The summed E-state index contributed by atoms with van der Waals surface area (Å²) in [6.07, 6.45) is 0. The van der Waals surface area contributed by atoms with E-state index in [4.69, 9.17) is 9.47 Å². The fourth-order valence-electron chi connectivity index (χ4n) is 2.99. The minimum absolute atomic E-state index is 0.0766. The molecule has 9 heteroatoms. The summed E-state index contributed by atoms with van der Waals surface area (Å²) in [5.41, 5.74) is 1.43. The Balaban J connectivity index is 1.89. The molecule has 2 aromatic rings. The summed E-state index contributed by atoms with van der Waals surface area (Å²) in [5, 5.41) is 14.3. The number of rotatable bonds is 6. The molecule has 144 valence electrons. The van der Waals surface area contributed by atoms with Gasteiger partial charge in [-0.15, -0.1) is 0 Å². The maximum Gasteiger partial charge on any atom is 0.327 e. The van der Waals surface area contributed by atoms with Crippen LogP contribution < -0.4 is 15.0 Å². The van der Waals surface area contributed by atoms with E-state index >= 15 is 0 Å². The first-order valence-corrected chi connectivity index (χ1v) is 9.16. The molecule has 0 radical (unpaired) electrons. The van der Waals surface area contributed by atoms with Crippen molar-refractivity contribution in [1.29, 1.82) is 0 Å². The number of benzene rings is 2. The lowest BCUT2D eigenvalue weighted by atomic mass is 10.1. The van der Waals surface area contributed by atoms with Crippen LogP contribution in [0.3, 0.4) is 0 Å². The van der Waals surface area contributed by atoms with E-state index in [1.54, 1.807) is 0 Å². The second-order valence-electron chi connectivity index (χ2n) is 5.99. The van der Waals surface area contributed by atoms with Crippen LogP contribution in [0, 0.1) is 15.9 Å². The maximum atomic E-state index is 14.1. The Labute approximate surface area is 164 Å². The van der Waals surface area contributed by atoms with Gasteiger partial charge in [-0.05, 0) is 17.7 Å². The van der Waals surface area contributed by atoms with E-state index in [1.807, 2.05) is 18.2 Å². The van der Waals surface area contributed by atoms with E-state index in [0.29, 0.717) is 19.8 Å². The number of nitro groups is 1. The molecular weight excluding hydrogens is 421 g/mol. The standard InChI is InChI=1S/C18H19BrFN3O4/c1-26-14-9-15(20)18(23(24)25)16(10-14)21-11-12-2-3-13(19)8-17(12)22-4-6-27-7-5-22/h2-3,8-10,21H,4-7,11H2,1H3. The van der Waals surface area contributed by atoms with Gasteiger partial charge in [-0.3, -0.25) is 10.1 Å². The Bertz CT molecular complexity index is 844. The number of ether oxygens (including phenoxy) is 2. The van der Waals surface area contributed by atoms with Crippen molar-refractivity contribution in [1.82, 2.24) is 0 Å². The molecule has 1 fully saturated rings. The molecule has 0 amide bonds. The van der Waals surface area contributed by atoms with E-state index in [9.17, 15) is 14.5 Å². The molecule has 0 atom stereocenters. The van der Waals surface area contributed by atoms with Gasteiger partial charge in [0.2, 0.25) is 5.82 Å². The van der Waals surface area contributed by atoms with Gasteiger partial charge in [-0.25, -0.2) is 0 Å². The van der Waals surface area contributed by atoms with Gasteiger partial charge in [-0.2, -0.15) is 4.39 Å². The van der Waals surface area contributed by atoms with Crippen LogP contribution in [0.25, 0.3) is 0 Å². The highest BCUT2D eigenvalue weighted by atomic mass is 79.9. The maximum absolute atomic E-state index is 14.1. The Morgan fingerprint density at radius 1 is 1.33 bits per heavy atom. The Hall–Kier alpha value is -2.39. The monoisotopic (exact) mass is 439 g/mol. The third-order valence-electron chi connectivity index (χ3n) is 4.32. The van der Waals surface area contributed by atoms with Crippen LogP contribution in [-0.4, -0.2) is 38.3 Å². The highest BCUT2D eigenvalue weighted by molar-refractivity contribution is 9.10. The lowest BCUT2D eigenvalue weighted by Crippen LogP contribution is -2.36. The summed E-state index contributed by atoms with van der Waals surface area (Å²) in [6.45, 7) is 3.11. The summed E-state index contributed by atoms with van der Waals surface area (Å²) in [4.78, 5) is 12.7. The Morgan fingerprint density at radius 2 is 2.07 bits per heavy atom. The summed E-state index contributed by atoms with van der Waals surface area (Å²) in [7, 11) is 1.38. The average molecular weight is 440 g/mol. The van der Waals surface area contributed by atoms with Crippen LogP contribution in [0.15, 0.2) is 34.8 Å². The second-order valence-corrected chi connectivity index (χ2v) is 6.90. The van der Waals surface area contributed by atoms with E-state index in [-0.39, 0.29) is 11.4 Å². The van der Waals surface area contributed by atoms with Crippen molar-refractivity contribution in [2.75, 3.05) is 43.6 Å². The molecule has 0 unspecified atom stereocenters. The Kier molecular flexibility index (Phi) is 6.12. The molecule has 3 rings (SSSR count). The fourth-order valence-corrected chi connectivity index (χ4v) is 3.34. The molecule has 27 heavy (non-hydrogen) atoms. The molecule has 2 aromatic carbocycles. The summed E-state index contributed by atoms with van der Waals surface area (Å²) in [6, 6.07) is 8.27. The molecule has 0 aliphatic carbocycles. The van der Waals surface area contributed by atoms with E-state index < -0.39 is 16.4 Å². The number of halogens is 2. The van der Waals surface area contributed by atoms with Gasteiger partial charge in [0.05, 0.1) is 25.2 Å². The number of morpholine rings is 1. The van der Waals surface area contributed by atoms with Gasteiger partial charge in [-0.1, -0.05) is 22.0 Å². The van der Waals surface area contributed by atoms with Crippen molar-refractivity contribution in [3.8, 4) is 5.75 Å². The summed E-state index contributed by atoms with van der Waals surface area (Å²) < 4.78 is 25.5. The molecule has 0 saturated carbocycles. The molecule has 7 nitrogen and oxygen atoms in total. The molecule has 1 saturated heterocycles. The first kappa shape index (κ1) is 19.4. The lowest BCUT2D eigenvalue weighted by Gasteiger charge is -2.31. The first-order chi connectivity index (χ1) is 13.0. The number of hydrogen-bond donors (Lipinski definition) is 1. The molecule has 0 spiro atoms. The SMILES string of the molecule is COc1cc(F)c([N+](=O)[O-])c(NCc2ccc(Br)cc2N2CCOCC2)c1. The molecule has 1 heterocycles. The number of anilines is 2. The van der Waals surface area contributed by atoms with Gasteiger partial charge in [0.25, 0.3) is 0 Å². The molecule has 1 N–H and O–H groups in total. The van der Waals surface area contributed by atoms with E-state index in [0.717, 1.165) is 34.9 Å². The first-order valence-electron chi connectivity index (χ1n) is 8.36. The molecular formula is C18H19BrFN3O4. The topological polar surface area (TPSA) is 76.9 Å². The predicted octanol–water partition coefficient (Wildman–Crippen LogP) is 3.95. The van der Waals surface area contributed by atoms with Crippen molar-refractivity contribution in [3.05, 3.63) is 56.3 Å². The third kappa shape index (κ3) is 4.48. The van der Waals surface area contributed by atoms with Gasteiger partial charge in [0, 0.05) is 41.9 Å². The molecule has 0 aromatic heterocycles. The van der Waals surface area contributed by atoms with Crippen LogP contribution in [0.4, 0.5) is 21.5 Å². The second kappa shape index (κ2) is 8.53. The summed E-state index contributed by atoms with van der Waals surface area (Å²) in [5.74, 6) is -0.726. The van der Waals surface area contributed by atoms with Gasteiger partial charge in [0.15, 0.2) is 0 Å². The zero-order valence-corrected chi connectivity index (χ0v) is 16.3. The van der Waals surface area contributed by atoms with Crippen molar-refractivity contribution in [2.45, 2.75) is 6.54 Å². The molecule has 1 aliphatic rings. The smallest absolute Gasteiger partial charge is 0.327 e. The van der Waals surface area contributed by atoms with Crippen LogP contribution in [-0.2, 0) is 11.3 Å². The van der Waals surface area contributed by atoms with E-state index in [2.05, 4.69) is 26.1 Å². The van der Waals surface area contributed by atoms with Crippen molar-refractivity contribution in [3.63, 3.8) is 0 Å². The normalized spacial score (nSPS) is 14.1. The zero-order valence-electron chi connectivity index (χ0n) is 14.7. The lowest BCUT2D eigenvalue weighted by molar-refractivity contribution is -0.386. The van der Waals surface area contributed by atoms with E-state index in [1.165, 1.54) is 13.2 Å². The number of nitrogens with one attached hydrogen (secondary N) is 1. The van der Waals surface area contributed by atoms with Crippen LogP contribution in [0.2, 0.25) is 0 Å².